The van der Waals surface area contributed by atoms with Crippen LogP contribution in [0.1, 0.15) is 42.8 Å². The van der Waals surface area contributed by atoms with E-state index in [-0.39, 0.29) is 17.9 Å². The second-order valence-electron chi connectivity index (χ2n) is 8.40. The molecular formula is C25H30N4O3. The Hall–Kier alpha value is -3.19. The van der Waals surface area contributed by atoms with Crippen LogP contribution in [-0.4, -0.2) is 41.1 Å². The molecule has 1 aliphatic rings. The van der Waals surface area contributed by atoms with Gasteiger partial charge in [-0.3, -0.25) is 9.69 Å². The smallest absolute Gasteiger partial charge is 0.241 e. The van der Waals surface area contributed by atoms with Gasteiger partial charge in [0, 0.05) is 12.1 Å². The fourth-order valence-corrected chi connectivity index (χ4v) is 4.26. The van der Waals surface area contributed by atoms with Crippen LogP contribution in [0.25, 0.3) is 11.4 Å². The summed E-state index contributed by atoms with van der Waals surface area (Å²) in [6.45, 7) is 6.26. The van der Waals surface area contributed by atoms with E-state index < -0.39 is 0 Å². The molecule has 0 radical (unpaired) electrons. The number of nitrogens with zero attached hydrogens (tertiary/aromatic N) is 3. The number of piperidine rings is 1. The number of carbonyl (C=O) groups is 1. The van der Waals surface area contributed by atoms with Crippen LogP contribution >= 0.6 is 0 Å². The molecule has 2 atom stereocenters. The Morgan fingerprint density at radius 3 is 2.78 bits per heavy atom. The van der Waals surface area contributed by atoms with Crippen LogP contribution < -0.4 is 10.1 Å². The first-order valence-electron chi connectivity index (χ1n) is 11.1. The third-order valence-corrected chi connectivity index (χ3v) is 6.07. The molecule has 168 valence electrons. The van der Waals surface area contributed by atoms with Gasteiger partial charge in [-0.05, 0) is 68.6 Å². The molecule has 2 aromatic carbocycles. The Balaban J connectivity index is 1.34. The number of aryl methyl sites for hydroxylation is 1. The Labute approximate surface area is 188 Å². The third kappa shape index (κ3) is 5.16. The number of amides is 1. The molecule has 0 saturated carbocycles. The van der Waals surface area contributed by atoms with Crippen LogP contribution in [0.5, 0.6) is 5.75 Å². The van der Waals surface area contributed by atoms with Gasteiger partial charge in [-0.15, -0.1) is 0 Å². The highest BCUT2D eigenvalue weighted by atomic mass is 16.5. The highest BCUT2D eigenvalue weighted by Gasteiger charge is 2.28. The normalized spacial score (nSPS) is 17.7. The maximum Gasteiger partial charge on any atom is 0.241 e. The zero-order valence-corrected chi connectivity index (χ0v) is 18.9. The van der Waals surface area contributed by atoms with Crippen molar-refractivity contribution in [2.24, 2.45) is 5.92 Å². The molecule has 1 aromatic heterocycles. The minimum Gasteiger partial charge on any atom is -0.497 e. The van der Waals surface area contributed by atoms with Gasteiger partial charge in [0.15, 0.2) is 0 Å². The predicted molar refractivity (Wildman–Crippen MR) is 122 cm³/mol. The first-order chi connectivity index (χ1) is 15.5. The lowest BCUT2D eigenvalue weighted by Crippen LogP contribution is -2.43. The zero-order chi connectivity index (χ0) is 22.5. The molecule has 32 heavy (non-hydrogen) atoms. The van der Waals surface area contributed by atoms with Crippen LogP contribution in [0.15, 0.2) is 53.1 Å². The molecular weight excluding hydrogens is 404 g/mol. The standard InChI is InChI=1S/C25H30N4O3/c1-17-7-4-5-9-22(17)18(2)26-25(30)20-8-6-14-29(15-20)16-23-27-24(28-32-23)19-10-12-21(31-3)13-11-19/h4-5,7,9-13,18,20H,6,8,14-16H2,1-3H3,(H,26,30). The number of carbonyl (C=O) groups excluding carboxylic acids is 1. The van der Waals surface area contributed by atoms with Gasteiger partial charge < -0.3 is 14.6 Å². The van der Waals surface area contributed by atoms with Gasteiger partial charge in [-0.1, -0.05) is 29.4 Å². The number of nitrogens with one attached hydrogen (secondary N) is 1. The van der Waals surface area contributed by atoms with Gasteiger partial charge >= 0.3 is 0 Å². The third-order valence-electron chi connectivity index (χ3n) is 6.07. The van der Waals surface area contributed by atoms with E-state index in [4.69, 9.17) is 9.26 Å². The van der Waals surface area contributed by atoms with Crippen molar-refractivity contribution < 1.29 is 14.1 Å². The Kier molecular flexibility index (Phi) is 6.85. The van der Waals surface area contributed by atoms with E-state index in [2.05, 4.69) is 39.4 Å². The molecule has 4 rings (SSSR count). The van der Waals surface area contributed by atoms with Gasteiger partial charge in [-0.25, -0.2) is 0 Å². The topological polar surface area (TPSA) is 80.5 Å². The zero-order valence-electron chi connectivity index (χ0n) is 18.9. The van der Waals surface area contributed by atoms with Crippen molar-refractivity contribution in [3.05, 3.63) is 65.5 Å². The first kappa shape index (κ1) is 22.0. The van der Waals surface area contributed by atoms with Crippen molar-refractivity contribution in [1.29, 1.82) is 0 Å². The van der Waals surface area contributed by atoms with Crippen molar-refractivity contribution in [2.75, 3.05) is 20.2 Å². The van der Waals surface area contributed by atoms with E-state index in [0.29, 0.717) is 24.8 Å². The van der Waals surface area contributed by atoms with Crippen molar-refractivity contribution in [2.45, 2.75) is 39.3 Å². The summed E-state index contributed by atoms with van der Waals surface area (Å²) in [7, 11) is 1.64. The molecule has 1 aliphatic heterocycles. The highest BCUT2D eigenvalue weighted by Crippen LogP contribution is 2.23. The van der Waals surface area contributed by atoms with Crippen LogP contribution in [0.4, 0.5) is 0 Å². The van der Waals surface area contributed by atoms with E-state index in [1.807, 2.05) is 43.3 Å². The van der Waals surface area contributed by atoms with Gasteiger partial charge in [0.2, 0.25) is 17.6 Å². The molecule has 3 aromatic rings. The number of hydrogen-bond acceptors (Lipinski definition) is 6. The van der Waals surface area contributed by atoms with Crippen molar-refractivity contribution >= 4 is 5.91 Å². The maximum absolute atomic E-state index is 12.9. The molecule has 2 heterocycles. The van der Waals surface area contributed by atoms with E-state index in [0.717, 1.165) is 36.3 Å². The van der Waals surface area contributed by atoms with Crippen molar-refractivity contribution in [1.82, 2.24) is 20.4 Å². The Bertz CT molecular complexity index is 1050. The van der Waals surface area contributed by atoms with Gasteiger partial charge in [0.1, 0.15) is 5.75 Å². The number of rotatable bonds is 7. The summed E-state index contributed by atoms with van der Waals surface area (Å²) in [5.74, 6) is 1.96. The van der Waals surface area contributed by atoms with Crippen LogP contribution in [0, 0.1) is 12.8 Å². The predicted octanol–water partition coefficient (Wildman–Crippen LogP) is 4.14. The molecule has 1 N–H and O–H groups in total. The second kappa shape index (κ2) is 9.96. The molecule has 0 aliphatic carbocycles. The minimum absolute atomic E-state index is 0.0120. The number of methoxy groups -OCH3 is 1. The molecule has 1 amide bonds. The molecule has 1 fully saturated rings. The minimum atomic E-state index is -0.0424. The van der Waals surface area contributed by atoms with E-state index in [1.165, 1.54) is 5.56 Å². The summed E-state index contributed by atoms with van der Waals surface area (Å²) >= 11 is 0. The monoisotopic (exact) mass is 434 g/mol. The lowest BCUT2D eigenvalue weighted by molar-refractivity contribution is -0.127. The largest absolute Gasteiger partial charge is 0.497 e. The number of likely N-dealkylation sites (tertiary alicyclic amines) is 1. The summed E-state index contributed by atoms with van der Waals surface area (Å²) in [4.78, 5) is 19.7. The molecule has 7 heteroatoms. The van der Waals surface area contributed by atoms with Gasteiger partial charge in [0.25, 0.3) is 0 Å². The second-order valence-corrected chi connectivity index (χ2v) is 8.40. The van der Waals surface area contributed by atoms with Crippen molar-refractivity contribution in [3.63, 3.8) is 0 Å². The molecule has 1 saturated heterocycles. The average Bonchev–Trinajstić information content (AvgIpc) is 3.28. The number of benzene rings is 2. The van der Waals surface area contributed by atoms with E-state index in [1.54, 1.807) is 7.11 Å². The fourth-order valence-electron chi connectivity index (χ4n) is 4.26. The summed E-state index contributed by atoms with van der Waals surface area (Å²) in [5.41, 5.74) is 3.22. The Morgan fingerprint density at radius 1 is 1.25 bits per heavy atom. The molecule has 0 bridgehead atoms. The van der Waals surface area contributed by atoms with Crippen molar-refractivity contribution in [3.8, 4) is 17.1 Å². The first-order valence-corrected chi connectivity index (χ1v) is 11.1. The lowest BCUT2D eigenvalue weighted by atomic mass is 9.95. The van der Waals surface area contributed by atoms with Gasteiger partial charge in [-0.2, -0.15) is 4.98 Å². The van der Waals surface area contributed by atoms with E-state index >= 15 is 0 Å². The van der Waals surface area contributed by atoms with Crippen LogP contribution in [-0.2, 0) is 11.3 Å². The average molecular weight is 435 g/mol. The highest BCUT2D eigenvalue weighted by molar-refractivity contribution is 5.79. The Morgan fingerprint density at radius 2 is 2.03 bits per heavy atom. The summed E-state index contributed by atoms with van der Waals surface area (Å²) in [6.07, 6.45) is 1.86. The SMILES string of the molecule is COc1ccc(-c2noc(CN3CCCC(C(=O)NC(C)c4ccccc4C)C3)n2)cc1. The van der Waals surface area contributed by atoms with Crippen LogP contribution in [0.3, 0.4) is 0 Å². The fraction of sp³-hybridized carbons (Fsp3) is 0.400. The van der Waals surface area contributed by atoms with E-state index in [9.17, 15) is 4.79 Å². The van der Waals surface area contributed by atoms with Crippen LogP contribution in [0.2, 0.25) is 0 Å². The molecule has 7 nitrogen and oxygen atoms in total. The maximum atomic E-state index is 12.9. The summed E-state index contributed by atoms with van der Waals surface area (Å²) in [6, 6.07) is 15.7. The number of aromatic nitrogens is 2. The lowest BCUT2D eigenvalue weighted by Gasteiger charge is -2.31. The summed E-state index contributed by atoms with van der Waals surface area (Å²) in [5, 5.41) is 7.31. The summed E-state index contributed by atoms with van der Waals surface area (Å²) < 4.78 is 10.7. The molecule has 0 spiro atoms. The quantitative estimate of drug-likeness (QED) is 0.602. The number of ether oxygens (including phenoxy) is 1. The number of hydrogen-bond donors (Lipinski definition) is 1. The molecule has 2 unspecified atom stereocenters. The van der Waals surface area contributed by atoms with Gasteiger partial charge in [0.05, 0.1) is 25.6 Å².